The minimum atomic E-state index is -0.657. The first-order chi connectivity index (χ1) is 11.9. The predicted molar refractivity (Wildman–Crippen MR) is 100 cm³/mol. The maximum atomic E-state index is 13.1. The highest BCUT2D eigenvalue weighted by Gasteiger charge is 2.25. The lowest BCUT2D eigenvalue weighted by Crippen LogP contribution is -2.32. The Morgan fingerprint density at radius 2 is 2.00 bits per heavy atom. The first-order valence-corrected chi connectivity index (χ1v) is 9.91. The van der Waals surface area contributed by atoms with E-state index in [-0.39, 0.29) is 11.5 Å². The number of fused-ring (bicyclic) bond motifs is 3. The summed E-state index contributed by atoms with van der Waals surface area (Å²) in [6.07, 6.45) is 5.07. The molecule has 6 heteroatoms. The van der Waals surface area contributed by atoms with Crippen molar-refractivity contribution in [3.63, 3.8) is 0 Å². The second-order valence-corrected chi connectivity index (χ2v) is 8.33. The van der Waals surface area contributed by atoms with Crippen molar-refractivity contribution >= 4 is 27.5 Å². The lowest BCUT2D eigenvalue weighted by atomic mass is 9.97. The summed E-state index contributed by atoms with van der Waals surface area (Å²) >= 11 is 1.63. The summed E-state index contributed by atoms with van der Waals surface area (Å²) in [6, 6.07) is -0.657. The van der Waals surface area contributed by atoms with E-state index in [1.807, 2.05) is 0 Å². The summed E-state index contributed by atoms with van der Waals surface area (Å²) in [5.74, 6) is 0.684. The van der Waals surface area contributed by atoms with Crippen LogP contribution in [-0.2, 0) is 22.4 Å². The van der Waals surface area contributed by atoms with Crippen LogP contribution in [0.15, 0.2) is 4.79 Å². The summed E-state index contributed by atoms with van der Waals surface area (Å²) in [7, 11) is 0. The molecular formula is C19H26N2O3S. The Bertz CT molecular complexity index is 850. The lowest BCUT2D eigenvalue weighted by Gasteiger charge is -2.17. The third-order valence-electron chi connectivity index (χ3n) is 4.87. The van der Waals surface area contributed by atoms with Crippen molar-refractivity contribution in [2.24, 2.45) is 5.92 Å². The number of ether oxygens (including phenoxy) is 1. The molecule has 0 N–H and O–H groups in total. The van der Waals surface area contributed by atoms with E-state index in [0.29, 0.717) is 23.7 Å². The third kappa shape index (κ3) is 3.50. The van der Waals surface area contributed by atoms with Gasteiger partial charge in [0.2, 0.25) is 0 Å². The van der Waals surface area contributed by atoms with Gasteiger partial charge in [0.25, 0.3) is 5.56 Å². The van der Waals surface area contributed by atoms with E-state index in [2.05, 4.69) is 18.8 Å². The van der Waals surface area contributed by atoms with E-state index in [1.54, 1.807) is 25.2 Å². The average molecular weight is 362 g/mol. The molecule has 0 aliphatic heterocycles. The van der Waals surface area contributed by atoms with E-state index in [1.165, 1.54) is 15.9 Å². The van der Waals surface area contributed by atoms with Gasteiger partial charge in [-0.25, -0.2) is 9.78 Å². The van der Waals surface area contributed by atoms with Crippen molar-refractivity contribution in [3.05, 3.63) is 26.6 Å². The molecule has 0 amide bonds. The molecule has 0 aromatic carbocycles. The van der Waals surface area contributed by atoms with Crippen LogP contribution >= 0.6 is 11.3 Å². The Hall–Kier alpha value is -1.69. The highest BCUT2D eigenvalue weighted by atomic mass is 32.1. The summed E-state index contributed by atoms with van der Waals surface area (Å²) in [6.45, 7) is 8.07. The zero-order chi connectivity index (χ0) is 18.1. The van der Waals surface area contributed by atoms with E-state index in [9.17, 15) is 9.59 Å². The normalized spacial score (nSPS) is 15.4. The number of nitrogens with zero attached hydrogens (tertiary/aromatic N) is 2. The molecule has 0 spiro atoms. The zero-order valence-electron chi connectivity index (χ0n) is 15.4. The quantitative estimate of drug-likeness (QED) is 0.759. The van der Waals surface area contributed by atoms with E-state index in [0.717, 1.165) is 36.1 Å². The Labute approximate surface area is 152 Å². The molecule has 0 saturated heterocycles. The number of rotatable bonds is 5. The third-order valence-corrected chi connectivity index (χ3v) is 6.05. The molecule has 2 heterocycles. The second kappa shape index (κ2) is 7.28. The summed E-state index contributed by atoms with van der Waals surface area (Å²) in [4.78, 5) is 32.2. The number of aromatic nitrogens is 2. The van der Waals surface area contributed by atoms with E-state index < -0.39 is 6.04 Å². The van der Waals surface area contributed by atoms with Gasteiger partial charge in [0.05, 0.1) is 12.0 Å². The molecule has 1 aliphatic carbocycles. The number of thiophene rings is 1. The minimum Gasteiger partial charge on any atom is -0.464 e. The van der Waals surface area contributed by atoms with Crippen LogP contribution in [0, 0.1) is 12.8 Å². The van der Waals surface area contributed by atoms with Gasteiger partial charge >= 0.3 is 5.97 Å². The Morgan fingerprint density at radius 1 is 1.28 bits per heavy atom. The van der Waals surface area contributed by atoms with Crippen molar-refractivity contribution in [1.29, 1.82) is 0 Å². The monoisotopic (exact) mass is 362 g/mol. The smallest absolute Gasteiger partial charge is 0.329 e. The molecule has 0 saturated carbocycles. The Balaban J connectivity index is 1.95. The van der Waals surface area contributed by atoms with Crippen LogP contribution < -0.4 is 5.56 Å². The van der Waals surface area contributed by atoms with Gasteiger partial charge < -0.3 is 4.74 Å². The fraction of sp³-hybridized carbons (Fsp3) is 0.632. The van der Waals surface area contributed by atoms with E-state index >= 15 is 0 Å². The predicted octanol–water partition coefficient (Wildman–Crippen LogP) is 3.80. The maximum Gasteiger partial charge on any atom is 0.329 e. The highest BCUT2D eigenvalue weighted by Crippen LogP contribution is 2.34. The number of hydrogen-bond acceptors (Lipinski definition) is 5. The van der Waals surface area contributed by atoms with Crippen molar-refractivity contribution in [3.8, 4) is 0 Å². The maximum absolute atomic E-state index is 13.1. The second-order valence-electron chi connectivity index (χ2n) is 7.25. The molecule has 1 aliphatic rings. The molecule has 5 nitrogen and oxygen atoms in total. The largest absolute Gasteiger partial charge is 0.464 e. The minimum absolute atomic E-state index is 0.102. The summed E-state index contributed by atoms with van der Waals surface area (Å²) < 4.78 is 6.86. The van der Waals surface area contributed by atoms with Gasteiger partial charge in [0.1, 0.15) is 16.7 Å². The first kappa shape index (κ1) is 18.1. The molecule has 3 rings (SSSR count). The van der Waals surface area contributed by atoms with Crippen molar-refractivity contribution in [2.75, 3.05) is 6.61 Å². The molecule has 1 atom stereocenters. The van der Waals surface area contributed by atoms with Gasteiger partial charge in [0.15, 0.2) is 0 Å². The Morgan fingerprint density at radius 3 is 2.72 bits per heavy atom. The molecule has 136 valence electrons. The van der Waals surface area contributed by atoms with Crippen LogP contribution in [0.1, 0.15) is 62.3 Å². The SMILES string of the molecule is Cc1nc2sc3c(c2c(=O)n1C(C)C(=O)OCCC(C)C)CCCC3. The van der Waals surface area contributed by atoms with Crippen LogP contribution in [0.2, 0.25) is 0 Å². The van der Waals surface area contributed by atoms with Gasteiger partial charge in [-0.2, -0.15) is 0 Å². The molecule has 25 heavy (non-hydrogen) atoms. The summed E-state index contributed by atoms with van der Waals surface area (Å²) in [5, 5.41) is 0.715. The zero-order valence-corrected chi connectivity index (χ0v) is 16.2. The van der Waals surface area contributed by atoms with Gasteiger partial charge in [0, 0.05) is 4.88 Å². The van der Waals surface area contributed by atoms with Gasteiger partial charge in [-0.15, -0.1) is 11.3 Å². The molecule has 0 radical (unpaired) electrons. The van der Waals surface area contributed by atoms with Crippen LogP contribution in [0.5, 0.6) is 0 Å². The van der Waals surface area contributed by atoms with Crippen LogP contribution in [0.3, 0.4) is 0 Å². The molecular weight excluding hydrogens is 336 g/mol. The number of hydrogen-bond donors (Lipinski definition) is 0. The number of carbonyl (C=O) groups excluding carboxylic acids is 1. The van der Waals surface area contributed by atoms with Crippen molar-refractivity contribution < 1.29 is 9.53 Å². The Kier molecular flexibility index (Phi) is 5.27. The number of esters is 1. The van der Waals surface area contributed by atoms with Gasteiger partial charge in [-0.05, 0) is 57.4 Å². The standard InChI is InChI=1S/C19H26N2O3S/c1-11(2)9-10-24-19(23)12(3)21-13(4)20-17-16(18(21)22)14-7-5-6-8-15(14)25-17/h11-12H,5-10H2,1-4H3. The van der Waals surface area contributed by atoms with Crippen LogP contribution in [-0.4, -0.2) is 22.1 Å². The van der Waals surface area contributed by atoms with E-state index in [4.69, 9.17) is 4.74 Å². The van der Waals surface area contributed by atoms with Crippen LogP contribution in [0.25, 0.3) is 10.2 Å². The van der Waals surface area contributed by atoms with Crippen LogP contribution in [0.4, 0.5) is 0 Å². The highest BCUT2D eigenvalue weighted by molar-refractivity contribution is 7.18. The van der Waals surface area contributed by atoms with Crippen molar-refractivity contribution in [1.82, 2.24) is 9.55 Å². The fourth-order valence-electron chi connectivity index (χ4n) is 3.40. The fourth-order valence-corrected chi connectivity index (χ4v) is 4.69. The molecule has 1 unspecified atom stereocenters. The average Bonchev–Trinajstić information content (AvgIpc) is 2.92. The molecule has 2 aromatic rings. The first-order valence-electron chi connectivity index (χ1n) is 9.10. The molecule has 2 aromatic heterocycles. The van der Waals surface area contributed by atoms with Crippen molar-refractivity contribution in [2.45, 2.75) is 65.8 Å². The number of aryl methyl sites for hydroxylation is 3. The topological polar surface area (TPSA) is 61.2 Å². The molecule has 0 fully saturated rings. The lowest BCUT2D eigenvalue weighted by molar-refractivity contribution is -0.147. The number of carbonyl (C=O) groups is 1. The van der Waals surface area contributed by atoms with Gasteiger partial charge in [-0.3, -0.25) is 9.36 Å². The van der Waals surface area contributed by atoms with Gasteiger partial charge in [-0.1, -0.05) is 13.8 Å². The summed E-state index contributed by atoms with van der Waals surface area (Å²) in [5.41, 5.74) is 1.05. The molecule has 0 bridgehead atoms.